The molecule has 0 aliphatic carbocycles. The number of hydrogen-bond acceptors (Lipinski definition) is 5. The normalized spacial score (nSPS) is 10.8. The third-order valence-corrected chi connectivity index (χ3v) is 3.82. The van der Waals surface area contributed by atoms with Crippen molar-refractivity contribution in [2.45, 2.75) is 19.9 Å². The van der Waals surface area contributed by atoms with Gasteiger partial charge in [0.15, 0.2) is 23.0 Å². The van der Waals surface area contributed by atoms with Crippen LogP contribution >= 0.6 is 0 Å². The van der Waals surface area contributed by atoms with Gasteiger partial charge in [0.25, 0.3) is 5.91 Å². The summed E-state index contributed by atoms with van der Waals surface area (Å²) < 4.78 is 24.3. The van der Waals surface area contributed by atoms with E-state index in [0.29, 0.717) is 17.0 Å². The van der Waals surface area contributed by atoms with E-state index >= 15 is 0 Å². The zero-order valence-electron chi connectivity index (χ0n) is 14.6. The van der Waals surface area contributed by atoms with Gasteiger partial charge < -0.3 is 14.2 Å². The second-order valence-electron chi connectivity index (χ2n) is 5.91. The third kappa shape index (κ3) is 3.42. The van der Waals surface area contributed by atoms with Crippen LogP contribution in [0, 0.1) is 5.82 Å². The molecule has 0 atom stereocenters. The van der Waals surface area contributed by atoms with Crippen molar-refractivity contribution in [3.05, 3.63) is 60.3 Å². The summed E-state index contributed by atoms with van der Waals surface area (Å²) in [7, 11) is 1.39. The summed E-state index contributed by atoms with van der Waals surface area (Å²) in [4.78, 5) is 18.4. The predicted octanol–water partition coefficient (Wildman–Crippen LogP) is 3.94. The third-order valence-electron chi connectivity index (χ3n) is 3.82. The maximum Gasteiger partial charge on any atom is 0.280 e. The van der Waals surface area contributed by atoms with E-state index in [9.17, 15) is 9.18 Å². The lowest BCUT2D eigenvalue weighted by molar-refractivity contribution is 0.0971. The molecule has 0 aliphatic heterocycles. The fraction of sp³-hybridized carbons (Fsp3) is 0.211. The molecule has 2 aromatic heterocycles. The van der Waals surface area contributed by atoms with Crippen molar-refractivity contribution in [3.8, 4) is 17.1 Å². The number of rotatable bonds is 5. The fourth-order valence-electron chi connectivity index (χ4n) is 2.60. The first-order valence-corrected chi connectivity index (χ1v) is 8.05. The molecular weight excluding hydrogens is 337 g/mol. The molecule has 1 amide bonds. The molecule has 0 radical (unpaired) electrons. The molecule has 3 aromatic rings. The summed E-state index contributed by atoms with van der Waals surface area (Å²) in [6.07, 6.45) is 3.26. The smallest absolute Gasteiger partial charge is 0.280 e. The molecule has 26 heavy (non-hydrogen) atoms. The number of ether oxygens (including phenoxy) is 1. The van der Waals surface area contributed by atoms with Crippen LogP contribution in [-0.2, 0) is 0 Å². The minimum absolute atomic E-state index is 0.116. The van der Waals surface area contributed by atoms with Gasteiger partial charge in [-0.1, -0.05) is 5.16 Å². The lowest BCUT2D eigenvalue weighted by Gasteiger charge is -2.26. The van der Waals surface area contributed by atoms with Crippen LogP contribution in [0.1, 0.15) is 24.3 Å². The zero-order valence-corrected chi connectivity index (χ0v) is 14.6. The standard InChI is InChI=1S/C19H18FN3O3/c1-12(2)23(14-6-7-17(25-3)15(20)9-14)19(24)16-10-18(26-22-16)13-5-4-8-21-11-13/h4-12H,1-3H3. The van der Waals surface area contributed by atoms with Crippen LogP contribution in [-0.4, -0.2) is 29.2 Å². The van der Waals surface area contributed by atoms with Gasteiger partial charge in [0, 0.05) is 41.8 Å². The van der Waals surface area contributed by atoms with Gasteiger partial charge in [-0.05, 0) is 38.1 Å². The molecule has 7 heteroatoms. The first-order valence-electron chi connectivity index (χ1n) is 8.05. The Labute approximate surface area is 150 Å². The van der Waals surface area contributed by atoms with E-state index in [0.717, 1.165) is 0 Å². The van der Waals surface area contributed by atoms with Crippen molar-refractivity contribution in [3.63, 3.8) is 0 Å². The highest BCUT2D eigenvalue weighted by Crippen LogP contribution is 2.27. The van der Waals surface area contributed by atoms with E-state index in [1.165, 1.54) is 24.1 Å². The molecular formula is C19H18FN3O3. The van der Waals surface area contributed by atoms with Crippen LogP contribution in [0.5, 0.6) is 5.75 Å². The molecule has 0 bridgehead atoms. The molecule has 3 rings (SSSR count). The molecule has 6 nitrogen and oxygen atoms in total. The van der Waals surface area contributed by atoms with Crippen LogP contribution in [0.3, 0.4) is 0 Å². The lowest BCUT2D eigenvalue weighted by Crippen LogP contribution is -2.37. The number of aromatic nitrogens is 2. The summed E-state index contributed by atoms with van der Waals surface area (Å²) >= 11 is 0. The number of anilines is 1. The van der Waals surface area contributed by atoms with Crippen molar-refractivity contribution in [1.82, 2.24) is 10.1 Å². The number of carbonyl (C=O) groups excluding carboxylic acids is 1. The SMILES string of the molecule is COc1ccc(N(C(=O)c2cc(-c3cccnc3)on2)C(C)C)cc1F. The predicted molar refractivity (Wildman–Crippen MR) is 94.6 cm³/mol. The second kappa shape index (κ2) is 7.35. The maximum atomic E-state index is 14.1. The number of carbonyl (C=O) groups is 1. The number of amides is 1. The number of methoxy groups -OCH3 is 1. The van der Waals surface area contributed by atoms with Gasteiger partial charge in [-0.3, -0.25) is 9.78 Å². The van der Waals surface area contributed by atoms with Crippen LogP contribution in [0.4, 0.5) is 10.1 Å². The summed E-state index contributed by atoms with van der Waals surface area (Å²) in [6, 6.07) is 9.28. The molecule has 0 N–H and O–H groups in total. The lowest BCUT2D eigenvalue weighted by atomic mass is 10.1. The highest BCUT2D eigenvalue weighted by atomic mass is 19.1. The Hall–Kier alpha value is -3.22. The Morgan fingerprint density at radius 2 is 2.08 bits per heavy atom. The van der Waals surface area contributed by atoms with E-state index in [1.807, 2.05) is 13.8 Å². The van der Waals surface area contributed by atoms with E-state index in [2.05, 4.69) is 10.1 Å². The molecule has 1 aromatic carbocycles. The van der Waals surface area contributed by atoms with Gasteiger partial charge in [0.2, 0.25) is 0 Å². The van der Waals surface area contributed by atoms with Gasteiger partial charge in [-0.25, -0.2) is 4.39 Å². The number of hydrogen-bond donors (Lipinski definition) is 0. The van der Waals surface area contributed by atoms with Crippen LogP contribution in [0.15, 0.2) is 53.3 Å². The average Bonchev–Trinajstić information content (AvgIpc) is 3.12. The molecule has 0 saturated carbocycles. The summed E-state index contributed by atoms with van der Waals surface area (Å²) in [5.41, 5.74) is 1.26. The Balaban J connectivity index is 1.93. The van der Waals surface area contributed by atoms with E-state index < -0.39 is 5.82 Å². The Kier molecular flexibility index (Phi) is 4.97. The van der Waals surface area contributed by atoms with Gasteiger partial charge in [0.05, 0.1) is 7.11 Å². The quantitative estimate of drug-likeness (QED) is 0.693. The largest absolute Gasteiger partial charge is 0.494 e. The second-order valence-corrected chi connectivity index (χ2v) is 5.91. The van der Waals surface area contributed by atoms with Crippen LogP contribution in [0.25, 0.3) is 11.3 Å². The van der Waals surface area contributed by atoms with Crippen LogP contribution < -0.4 is 9.64 Å². The fourth-order valence-corrected chi connectivity index (χ4v) is 2.60. The number of pyridine rings is 1. The molecule has 0 aliphatic rings. The Morgan fingerprint density at radius 1 is 1.27 bits per heavy atom. The molecule has 0 saturated heterocycles. The van der Waals surface area contributed by atoms with Crippen LogP contribution in [0.2, 0.25) is 0 Å². The van der Waals surface area contributed by atoms with Gasteiger partial charge in [0.1, 0.15) is 0 Å². The molecule has 0 unspecified atom stereocenters. The topological polar surface area (TPSA) is 68.5 Å². The first kappa shape index (κ1) is 17.6. The maximum absolute atomic E-state index is 14.1. The number of nitrogens with zero attached hydrogens (tertiary/aromatic N) is 3. The van der Waals surface area contributed by atoms with Crippen molar-refractivity contribution in [2.24, 2.45) is 0 Å². The Morgan fingerprint density at radius 3 is 2.69 bits per heavy atom. The van der Waals surface area contributed by atoms with Gasteiger partial charge in [-0.15, -0.1) is 0 Å². The Bertz CT molecular complexity index is 909. The van der Waals surface area contributed by atoms with Gasteiger partial charge >= 0.3 is 0 Å². The van der Waals surface area contributed by atoms with E-state index in [4.69, 9.17) is 9.26 Å². The van der Waals surface area contributed by atoms with E-state index in [1.54, 1.807) is 36.7 Å². The number of benzene rings is 1. The molecule has 0 fully saturated rings. The molecule has 134 valence electrons. The highest BCUT2D eigenvalue weighted by molar-refractivity contribution is 6.05. The minimum atomic E-state index is -0.542. The van der Waals surface area contributed by atoms with Crippen molar-refractivity contribution in [1.29, 1.82) is 0 Å². The molecule has 2 heterocycles. The highest BCUT2D eigenvalue weighted by Gasteiger charge is 2.25. The van der Waals surface area contributed by atoms with Crippen molar-refractivity contribution in [2.75, 3.05) is 12.0 Å². The summed E-state index contributed by atoms with van der Waals surface area (Å²) in [5.74, 6) is -0.376. The summed E-state index contributed by atoms with van der Waals surface area (Å²) in [6.45, 7) is 3.67. The van der Waals surface area contributed by atoms with Gasteiger partial charge in [-0.2, -0.15) is 0 Å². The summed E-state index contributed by atoms with van der Waals surface area (Å²) in [5, 5.41) is 3.87. The minimum Gasteiger partial charge on any atom is -0.494 e. The number of halogens is 1. The zero-order chi connectivity index (χ0) is 18.7. The monoisotopic (exact) mass is 355 g/mol. The van der Waals surface area contributed by atoms with Crippen molar-refractivity contribution < 1.29 is 18.4 Å². The van der Waals surface area contributed by atoms with Crippen molar-refractivity contribution >= 4 is 11.6 Å². The average molecular weight is 355 g/mol. The molecule has 0 spiro atoms. The van der Waals surface area contributed by atoms with E-state index in [-0.39, 0.29) is 23.4 Å². The first-order chi connectivity index (χ1) is 12.5.